The predicted octanol–water partition coefficient (Wildman–Crippen LogP) is 0.794. The Morgan fingerprint density at radius 3 is 2.52 bits per heavy atom. The average molecular weight is 318 g/mol. The Morgan fingerprint density at radius 1 is 1.22 bits per heavy atom. The summed E-state index contributed by atoms with van der Waals surface area (Å²) in [6.07, 6.45) is 0. The Labute approximate surface area is 135 Å². The number of hydrogen-bond donors (Lipinski definition) is 1. The molecule has 3 rings (SSSR count). The van der Waals surface area contributed by atoms with Crippen LogP contribution in [0.15, 0.2) is 12.1 Å². The average Bonchev–Trinajstić information content (AvgIpc) is 2.89. The first-order valence-corrected chi connectivity index (χ1v) is 7.71. The van der Waals surface area contributed by atoms with Gasteiger partial charge in [-0.25, -0.2) is 4.98 Å². The summed E-state index contributed by atoms with van der Waals surface area (Å²) in [5, 5.41) is 3.25. The molecule has 1 aromatic carbocycles. The van der Waals surface area contributed by atoms with Gasteiger partial charge in [0.2, 0.25) is 5.91 Å². The molecule has 0 spiro atoms. The Morgan fingerprint density at radius 2 is 1.87 bits per heavy atom. The van der Waals surface area contributed by atoms with Gasteiger partial charge >= 0.3 is 0 Å². The number of aromatic nitrogens is 2. The van der Waals surface area contributed by atoms with Crippen molar-refractivity contribution >= 4 is 16.9 Å². The molecule has 1 amide bonds. The fraction of sp³-hybridized carbons (Fsp3) is 0.500. The smallest absolute Gasteiger partial charge is 0.242 e. The minimum Gasteiger partial charge on any atom is -0.493 e. The zero-order chi connectivity index (χ0) is 16.4. The van der Waals surface area contributed by atoms with Crippen LogP contribution in [0, 0.1) is 6.92 Å². The number of carbonyl (C=O) groups excluding carboxylic acids is 1. The quantitative estimate of drug-likeness (QED) is 0.903. The summed E-state index contributed by atoms with van der Waals surface area (Å²) in [6, 6.07) is 3.71. The van der Waals surface area contributed by atoms with Gasteiger partial charge in [-0.1, -0.05) is 0 Å². The van der Waals surface area contributed by atoms with Gasteiger partial charge in [0, 0.05) is 38.3 Å². The van der Waals surface area contributed by atoms with E-state index in [1.165, 1.54) is 0 Å². The molecule has 1 N–H and O–H groups in total. The van der Waals surface area contributed by atoms with Gasteiger partial charge in [-0.05, 0) is 6.92 Å². The van der Waals surface area contributed by atoms with E-state index in [1.54, 1.807) is 14.2 Å². The third-order valence-electron chi connectivity index (χ3n) is 4.21. The van der Waals surface area contributed by atoms with Crippen molar-refractivity contribution in [2.45, 2.75) is 13.5 Å². The number of aryl methyl sites for hydroxylation is 1. The van der Waals surface area contributed by atoms with Crippen LogP contribution in [0.3, 0.4) is 0 Å². The highest BCUT2D eigenvalue weighted by Gasteiger charge is 2.19. The molecule has 0 aliphatic carbocycles. The number of methoxy groups -OCH3 is 2. The second kappa shape index (κ2) is 6.45. The van der Waals surface area contributed by atoms with Crippen LogP contribution in [0.1, 0.15) is 5.82 Å². The molecule has 2 aromatic rings. The number of rotatable bonds is 4. The summed E-state index contributed by atoms with van der Waals surface area (Å²) in [4.78, 5) is 19.0. The number of nitrogens with zero attached hydrogens (tertiary/aromatic N) is 3. The summed E-state index contributed by atoms with van der Waals surface area (Å²) in [5.41, 5.74) is 1.68. The molecule has 0 radical (unpaired) electrons. The third kappa shape index (κ3) is 2.96. The van der Waals surface area contributed by atoms with E-state index in [4.69, 9.17) is 9.47 Å². The molecule has 1 aliphatic heterocycles. The molecule has 0 bridgehead atoms. The van der Waals surface area contributed by atoms with Crippen LogP contribution in [0.25, 0.3) is 11.0 Å². The topological polar surface area (TPSA) is 68.6 Å². The number of ether oxygens (including phenoxy) is 2. The lowest BCUT2D eigenvalue weighted by atomic mass is 10.2. The van der Waals surface area contributed by atoms with E-state index >= 15 is 0 Å². The monoisotopic (exact) mass is 318 g/mol. The van der Waals surface area contributed by atoms with Crippen molar-refractivity contribution in [3.8, 4) is 11.5 Å². The molecule has 0 saturated carbocycles. The molecule has 1 aliphatic rings. The van der Waals surface area contributed by atoms with Gasteiger partial charge in [0.05, 0.1) is 25.3 Å². The molecule has 124 valence electrons. The van der Waals surface area contributed by atoms with Crippen LogP contribution < -0.4 is 14.8 Å². The lowest BCUT2D eigenvalue weighted by molar-refractivity contribution is -0.132. The minimum absolute atomic E-state index is 0.115. The highest BCUT2D eigenvalue weighted by Crippen LogP contribution is 2.32. The maximum absolute atomic E-state index is 12.5. The first kappa shape index (κ1) is 15.6. The Bertz CT molecular complexity index is 720. The molecule has 1 fully saturated rings. The van der Waals surface area contributed by atoms with Crippen molar-refractivity contribution in [1.82, 2.24) is 19.8 Å². The van der Waals surface area contributed by atoms with Gasteiger partial charge in [-0.3, -0.25) is 4.79 Å². The fourth-order valence-corrected chi connectivity index (χ4v) is 2.92. The normalized spacial score (nSPS) is 15.0. The van der Waals surface area contributed by atoms with Crippen LogP contribution in [0.2, 0.25) is 0 Å². The number of carbonyl (C=O) groups is 1. The van der Waals surface area contributed by atoms with Gasteiger partial charge in [0.15, 0.2) is 11.5 Å². The van der Waals surface area contributed by atoms with Crippen molar-refractivity contribution in [2.24, 2.45) is 0 Å². The molecule has 23 heavy (non-hydrogen) atoms. The van der Waals surface area contributed by atoms with E-state index in [0.717, 1.165) is 43.0 Å². The predicted molar refractivity (Wildman–Crippen MR) is 87.0 cm³/mol. The first-order chi connectivity index (χ1) is 11.1. The standard InChI is InChI=1S/C16H22N4O3/c1-11-18-12-8-14(22-2)15(23-3)9-13(12)20(11)10-16(21)19-6-4-17-5-7-19/h8-9,17H,4-7,10H2,1-3H3. The summed E-state index contributed by atoms with van der Waals surface area (Å²) >= 11 is 0. The van der Waals surface area contributed by atoms with E-state index in [1.807, 2.05) is 28.5 Å². The number of amides is 1. The number of imidazole rings is 1. The number of benzene rings is 1. The van der Waals surface area contributed by atoms with Crippen LogP contribution in [-0.2, 0) is 11.3 Å². The van der Waals surface area contributed by atoms with Crippen LogP contribution in [0.5, 0.6) is 11.5 Å². The SMILES string of the molecule is COc1cc2nc(C)n(CC(=O)N3CCNCC3)c2cc1OC. The van der Waals surface area contributed by atoms with Crippen molar-refractivity contribution in [1.29, 1.82) is 0 Å². The number of hydrogen-bond acceptors (Lipinski definition) is 5. The first-order valence-electron chi connectivity index (χ1n) is 7.71. The van der Waals surface area contributed by atoms with Gasteiger partial charge < -0.3 is 24.3 Å². The van der Waals surface area contributed by atoms with Crippen molar-refractivity contribution in [2.75, 3.05) is 40.4 Å². The maximum atomic E-state index is 12.5. The number of piperazine rings is 1. The van der Waals surface area contributed by atoms with Gasteiger partial charge in [-0.2, -0.15) is 0 Å². The molecule has 1 saturated heterocycles. The van der Waals surface area contributed by atoms with E-state index < -0.39 is 0 Å². The molecule has 0 atom stereocenters. The Kier molecular flexibility index (Phi) is 4.38. The zero-order valence-electron chi connectivity index (χ0n) is 13.8. The summed E-state index contributed by atoms with van der Waals surface area (Å²) in [7, 11) is 3.20. The van der Waals surface area contributed by atoms with Gasteiger partial charge in [0.1, 0.15) is 12.4 Å². The van der Waals surface area contributed by atoms with E-state index in [-0.39, 0.29) is 12.5 Å². The van der Waals surface area contributed by atoms with E-state index in [0.29, 0.717) is 11.5 Å². The largest absolute Gasteiger partial charge is 0.493 e. The third-order valence-corrected chi connectivity index (χ3v) is 4.21. The molecule has 1 aromatic heterocycles. The van der Waals surface area contributed by atoms with Crippen LogP contribution in [0.4, 0.5) is 0 Å². The Hall–Kier alpha value is -2.28. The van der Waals surface area contributed by atoms with Gasteiger partial charge in [-0.15, -0.1) is 0 Å². The van der Waals surface area contributed by atoms with E-state index in [2.05, 4.69) is 10.3 Å². The summed E-state index contributed by atoms with van der Waals surface area (Å²) < 4.78 is 12.6. The van der Waals surface area contributed by atoms with Crippen molar-refractivity contribution in [3.05, 3.63) is 18.0 Å². The number of nitrogens with one attached hydrogen (secondary N) is 1. The Balaban J connectivity index is 1.93. The molecule has 0 unspecified atom stereocenters. The van der Waals surface area contributed by atoms with Gasteiger partial charge in [0.25, 0.3) is 0 Å². The van der Waals surface area contributed by atoms with Crippen molar-refractivity contribution < 1.29 is 14.3 Å². The number of fused-ring (bicyclic) bond motifs is 1. The molecular weight excluding hydrogens is 296 g/mol. The molecule has 7 heteroatoms. The highest BCUT2D eigenvalue weighted by atomic mass is 16.5. The van der Waals surface area contributed by atoms with Crippen LogP contribution in [-0.4, -0.2) is 60.8 Å². The summed E-state index contributed by atoms with van der Waals surface area (Å²) in [6.45, 7) is 5.39. The summed E-state index contributed by atoms with van der Waals surface area (Å²) in [5.74, 6) is 2.19. The lowest BCUT2D eigenvalue weighted by Crippen LogP contribution is -2.47. The van der Waals surface area contributed by atoms with E-state index in [9.17, 15) is 4.79 Å². The van der Waals surface area contributed by atoms with Crippen LogP contribution >= 0.6 is 0 Å². The maximum Gasteiger partial charge on any atom is 0.242 e. The van der Waals surface area contributed by atoms with Crippen molar-refractivity contribution in [3.63, 3.8) is 0 Å². The lowest BCUT2D eigenvalue weighted by Gasteiger charge is -2.27. The molecular formula is C16H22N4O3. The zero-order valence-corrected chi connectivity index (χ0v) is 13.8. The molecule has 2 heterocycles. The second-order valence-corrected chi connectivity index (χ2v) is 5.57. The minimum atomic E-state index is 0.115. The molecule has 7 nitrogen and oxygen atoms in total. The second-order valence-electron chi connectivity index (χ2n) is 5.57. The highest BCUT2D eigenvalue weighted by molar-refractivity contribution is 5.83. The fourth-order valence-electron chi connectivity index (χ4n) is 2.92.